The summed E-state index contributed by atoms with van der Waals surface area (Å²) in [5.74, 6) is 0.767. The Labute approximate surface area is 98.8 Å². The van der Waals surface area contributed by atoms with E-state index in [2.05, 4.69) is 19.5 Å². The highest BCUT2D eigenvalue weighted by Gasteiger charge is 2.22. The molecule has 84 valence electrons. The van der Waals surface area contributed by atoms with Gasteiger partial charge in [0.1, 0.15) is 6.07 Å². The molecule has 0 radical (unpaired) electrons. The van der Waals surface area contributed by atoms with Crippen LogP contribution in [0.25, 0.3) is 0 Å². The van der Waals surface area contributed by atoms with Crippen LogP contribution in [0.5, 0.6) is 0 Å². The lowest BCUT2D eigenvalue weighted by Crippen LogP contribution is -2.19. The molecule has 1 aliphatic heterocycles. The molecular formula is C12H11N5. The van der Waals surface area contributed by atoms with Crippen LogP contribution in [0.4, 0.5) is 0 Å². The Kier molecular flexibility index (Phi) is 2.33. The molecule has 0 aliphatic carbocycles. The summed E-state index contributed by atoms with van der Waals surface area (Å²) in [5.41, 5.74) is 1.73. The van der Waals surface area contributed by atoms with E-state index in [1.165, 1.54) is 5.69 Å². The first-order chi connectivity index (χ1) is 8.38. The van der Waals surface area contributed by atoms with E-state index in [0.29, 0.717) is 5.56 Å². The molecule has 0 saturated carbocycles. The smallest absolute Gasteiger partial charge is 0.151 e. The van der Waals surface area contributed by atoms with Crippen LogP contribution in [-0.4, -0.2) is 19.5 Å². The Morgan fingerprint density at radius 2 is 2.12 bits per heavy atom. The first kappa shape index (κ1) is 9.97. The second-order valence-electron chi connectivity index (χ2n) is 4.14. The van der Waals surface area contributed by atoms with Gasteiger partial charge in [-0.3, -0.25) is 0 Å². The second-order valence-corrected chi connectivity index (χ2v) is 4.14. The number of rotatable bonds is 1. The van der Waals surface area contributed by atoms with Crippen molar-refractivity contribution < 1.29 is 0 Å². The van der Waals surface area contributed by atoms with Crippen LogP contribution in [0.1, 0.15) is 36.0 Å². The summed E-state index contributed by atoms with van der Waals surface area (Å²) >= 11 is 0. The number of hydrogen-bond acceptors (Lipinski definition) is 4. The van der Waals surface area contributed by atoms with Crippen molar-refractivity contribution >= 4 is 0 Å². The van der Waals surface area contributed by atoms with Gasteiger partial charge in [-0.2, -0.15) is 5.26 Å². The average Bonchev–Trinajstić information content (AvgIpc) is 2.87. The van der Waals surface area contributed by atoms with Crippen molar-refractivity contribution in [2.75, 3.05) is 0 Å². The minimum absolute atomic E-state index is 0.161. The summed E-state index contributed by atoms with van der Waals surface area (Å²) in [7, 11) is 0. The summed E-state index contributed by atoms with van der Waals surface area (Å²) in [5, 5.41) is 8.72. The minimum atomic E-state index is 0.161. The highest BCUT2D eigenvalue weighted by molar-refractivity contribution is 5.22. The van der Waals surface area contributed by atoms with Crippen LogP contribution in [0.15, 0.2) is 24.9 Å². The van der Waals surface area contributed by atoms with Crippen molar-refractivity contribution in [3.63, 3.8) is 0 Å². The zero-order valence-corrected chi connectivity index (χ0v) is 9.24. The first-order valence-corrected chi connectivity index (χ1v) is 5.61. The fraction of sp³-hybridized carbons (Fsp3) is 0.333. The Bertz CT molecular complexity index is 563. The van der Waals surface area contributed by atoms with E-state index in [1.807, 2.05) is 18.6 Å². The first-order valence-electron chi connectivity index (χ1n) is 5.61. The molecule has 1 atom stereocenters. The van der Waals surface area contributed by atoms with Gasteiger partial charge in [-0.05, 0) is 19.3 Å². The Morgan fingerprint density at radius 3 is 2.88 bits per heavy atom. The van der Waals surface area contributed by atoms with Crippen molar-refractivity contribution in [2.45, 2.75) is 25.3 Å². The number of hydrogen-bond donors (Lipinski definition) is 0. The van der Waals surface area contributed by atoms with Gasteiger partial charge >= 0.3 is 0 Å². The molecule has 0 N–H and O–H groups in total. The van der Waals surface area contributed by atoms with Gasteiger partial charge in [-0.1, -0.05) is 0 Å². The number of imidazole rings is 1. The SMILES string of the molecule is N#Cc1cnc(C2CCCc3cncn32)nc1. The number of aryl methyl sites for hydroxylation is 1. The molecule has 3 rings (SSSR count). The van der Waals surface area contributed by atoms with Crippen LogP contribution >= 0.6 is 0 Å². The molecule has 0 spiro atoms. The fourth-order valence-electron chi connectivity index (χ4n) is 2.24. The standard InChI is InChI=1S/C12H11N5/c13-4-9-5-15-12(16-6-9)11-3-1-2-10-7-14-8-17(10)11/h5-8,11H,1-3H2. The third kappa shape index (κ3) is 1.68. The fourth-order valence-corrected chi connectivity index (χ4v) is 2.24. The topological polar surface area (TPSA) is 67.4 Å². The van der Waals surface area contributed by atoms with Gasteiger partial charge in [0.25, 0.3) is 0 Å². The van der Waals surface area contributed by atoms with Gasteiger partial charge in [-0.15, -0.1) is 0 Å². The summed E-state index contributed by atoms with van der Waals surface area (Å²) in [6.45, 7) is 0. The van der Waals surface area contributed by atoms with E-state index >= 15 is 0 Å². The van der Waals surface area contributed by atoms with Gasteiger partial charge < -0.3 is 4.57 Å². The van der Waals surface area contributed by atoms with Crippen molar-refractivity contribution in [3.8, 4) is 6.07 Å². The maximum atomic E-state index is 8.72. The third-order valence-electron chi connectivity index (χ3n) is 3.09. The normalized spacial score (nSPS) is 18.4. The molecule has 1 aliphatic rings. The molecule has 17 heavy (non-hydrogen) atoms. The summed E-state index contributed by atoms with van der Waals surface area (Å²) in [6.07, 6.45) is 10.1. The van der Waals surface area contributed by atoms with E-state index in [4.69, 9.17) is 5.26 Å². The van der Waals surface area contributed by atoms with Gasteiger partial charge in [0.05, 0.1) is 17.9 Å². The molecule has 2 aromatic heterocycles. The predicted molar refractivity (Wildman–Crippen MR) is 60.1 cm³/mol. The molecule has 0 aromatic carbocycles. The molecule has 0 amide bonds. The molecule has 0 fully saturated rings. The van der Waals surface area contributed by atoms with E-state index in [9.17, 15) is 0 Å². The van der Waals surface area contributed by atoms with E-state index in [-0.39, 0.29) is 6.04 Å². The van der Waals surface area contributed by atoms with Crippen LogP contribution in [0.2, 0.25) is 0 Å². The van der Waals surface area contributed by atoms with Crippen molar-refractivity contribution in [3.05, 3.63) is 42.0 Å². The molecule has 0 saturated heterocycles. The molecule has 2 aromatic rings. The number of nitriles is 1. The van der Waals surface area contributed by atoms with Crippen molar-refractivity contribution in [1.82, 2.24) is 19.5 Å². The lowest BCUT2D eigenvalue weighted by molar-refractivity contribution is 0.438. The highest BCUT2D eigenvalue weighted by atomic mass is 15.1. The predicted octanol–water partition coefficient (Wildman–Crippen LogP) is 1.47. The Morgan fingerprint density at radius 1 is 1.29 bits per heavy atom. The minimum Gasteiger partial charge on any atom is -0.324 e. The number of aromatic nitrogens is 4. The summed E-state index contributed by atoms with van der Waals surface area (Å²) in [4.78, 5) is 12.7. The van der Waals surface area contributed by atoms with Crippen LogP contribution in [-0.2, 0) is 6.42 Å². The lowest BCUT2D eigenvalue weighted by atomic mass is 10.0. The summed E-state index contributed by atoms with van der Waals surface area (Å²) < 4.78 is 2.13. The zero-order chi connectivity index (χ0) is 11.7. The third-order valence-corrected chi connectivity index (χ3v) is 3.09. The van der Waals surface area contributed by atoms with E-state index in [0.717, 1.165) is 25.1 Å². The van der Waals surface area contributed by atoms with Gasteiger partial charge in [0, 0.05) is 24.3 Å². The highest BCUT2D eigenvalue weighted by Crippen LogP contribution is 2.27. The largest absolute Gasteiger partial charge is 0.324 e. The molecule has 0 bridgehead atoms. The van der Waals surface area contributed by atoms with E-state index in [1.54, 1.807) is 12.4 Å². The average molecular weight is 225 g/mol. The number of fused-ring (bicyclic) bond motifs is 1. The molecular weight excluding hydrogens is 214 g/mol. The molecule has 1 unspecified atom stereocenters. The van der Waals surface area contributed by atoms with Gasteiger partial charge in [-0.25, -0.2) is 15.0 Å². The Balaban J connectivity index is 1.98. The maximum Gasteiger partial charge on any atom is 0.151 e. The van der Waals surface area contributed by atoms with Gasteiger partial charge in [0.15, 0.2) is 5.82 Å². The Hall–Kier alpha value is -2.22. The molecule has 5 heteroatoms. The van der Waals surface area contributed by atoms with Crippen LogP contribution < -0.4 is 0 Å². The molecule has 3 heterocycles. The van der Waals surface area contributed by atoms with Crippen molar-refractivity contribution in [1.29, 1.82) is 5.26 Å². The lowest BCUT2D eigenvalue weighted by Gasteiger charge is -2.23. The zero-order valence-electron chi connectivity index (χ0n) is 9.24. The quantitative estimate of drug-likeness (QED) is 0.737. The van der Waals surface area contributed by atoms with Crippen molar-refractivity contribution in [2.24, 2.45) is 0 Å². The van der Waals surface area contributed by atoms with Gasteiger partial charge in [0.2, 0.25) is 0 Å². The number of nitrogens with zero attached hydrogens (tertiary/aromatic N) is 5. The summed E-state index contributed by atoms with van der Waals surface area (Å²) in [6, 6.07) is 2.19. The molecule has 5 nitrogen and oxygen atoms in total. The monoisotopic (exact) mass is 225 g/mol. The maximum absolute atomic E-state index is 8.72. The second kappa shape index (κ2) is 3.98. The van der Waals surface area contributed by atoms with Crippen LogP contribution in [0.3, 0.4) is 0 Å². The van der Waals surface area contributed by atoms with Crippen LogP contribution in [0, 0.1) is 11.3 Å². The van der Waals surface area contributed by atoms with E-state index < -0.39 is 0 Å².